The fourth-order valence-electron chi connectivity index (χ4n) is 1.98. The first-order chi connectivity index (χ1) is 8.89. The van der Waals surface area contributed by atoms with Gasteiger partial charge in [-0.1, -0.05) is 23.8 Å². The molecular formula is C13H14ClNO3S. The Morgan fingerprint density at radius 2 is 2.00 bits per heavy atom. The minimum absolute atomic E-state index is 0.130. The van der Waals surface area contributed by atoms with Gasteiger partial charge in [0, 0.05) is 23.8 Å². The Hall–Kier alpha value is -1.33. The van der Waals surface area contributed by atoms with Crippen LogP contribution >= 0.6 is 10.7 Å². The van der Waals surface area contributed by atoms with Gasteiger partial charge in [0.05, 0.1) is 10.5 Å². The first-order valence-corrected chi connectivity index (χ1v) is 8.19. The summed E-state index contributed by atoms with van der Waals surface area (Å²) in [5, 5.41) is 0. The van der Waals surface area contributed by atoms with Crippen LogP contribution in [0.1, 0.15) is 23.7 Å². The summed E-state index contributed by atoms with van der Waals surface area (Å²) in [4.78, 5) is 13.8. The van der Waals surface area contributed by atoms with E-state index in [1.807, 2.05) is 13.0 Å². The topological polar surface area (TPSA) is 54.5 Å². The second kappa shape index (κ2) is 5.35. The van der Waals surface area contributed by atoms with Gasteiger partial charge < -0.3 is 4.90 Å². The predicted molar refractivity (Wildman–Crippen MR) is 73.8 cm³/mol. The van der Waals surface area contributed by atoms with Crippen LogP contribution < -0.4 is 0 Å². The molecular weight excluding hydrogens is 286 g/mol. The third kappa shape index (κ3) is 3.16. The van der Waals surface area contributed by atoms with E-state index in [4.69, 9.17) is 10.7 Å². The molecule has 0 N–H and O–H groups in total. The number of amides is 1. The van der Waals surface area contributed by atoms with Crippen LogP contribution in [0.4, 0.5) is 0 Å². The number of hydrogen-bond donors (Lipinski definition) is 0. The van der Waals surface area contributed by atoms with Gasteiger partial charge in [-0.2, -0.15) is 0 Å². The highest BCUT2D eigenvalue weighted by atomic mass is 35.7. The van der Waals surface area contributed by atoms with Gasteiger partial charge in [-0.25, -0.2) is 8.42 Å². The summed E-state index contributed by atoms with van der Waals surface area (Å²) in [5.74, 6) is -0.302. The number of carbonyl (C=O) groups excluding carboxylic acids is 1. The van der Waals surface area contributed by atoms with Crippen LogP contribution in [-0.4, -0.2) is 32.3 Å². The predicted octanol–water partition coefficient (Wildman–Crippen LogP) is 2.41. The van der Waals surface area contributed by atoms with Crippen molar-refractivity contribution in [2.24, 2.45) is 0 Å². The summed E-state index contributed by atoms with van der Waals surface area (Å²) in [5.41, 5.74) is 1.37. The lowest BCUT2D eigenvalue weighted by molar-refractivity contribution is 0.0765. The van der Waals surface area contributed by atoms with Crippen molar-refractivity contribution in [3.05, 3.63) is 41.5 Å². The Morgan fingerprint density at radius 1 is 1.32 bits per heavy atom. The van der Waals surface area contributed by atoms with Crippen molar-refractivity contribution in [1.82, 2.24) is 4.90 Å². The summed E-state index contributed by atoms with van der Waals surface area (Å²) >= 11 is 0. The molecule has 0 bridgehead atoms. The van der Waals surface area contributed by atoms with Crippen LogP contribution in [0.25, 0.3) is 0 Å². The summed E-state index contributed by atoms with van der Waals surface area (Å²) in [6.45, 7) is 3.11. The normalized spacial score (nSPS) is 16.1. The minimum atomic E-state index is -3.92. The van der Waals surface area contributed by atoms with Gasteiger partial charge in [-0.3, -0.25) is 4.79 Å². The number of halogens is 1. The van der Waals surface area contributed by atoms with E-state index in [0.29, 0.717) is 13.1 Å². The minimum Gasteiger partial charge on any atom is -0.335 e. The fourth-order valence-corrected chi connectivity index (χ4v) is 3.04. The summed E-state index contributed by atoms with van der Waals surface area (Å²) in [6.07, 6.45) is 2.78. The maximum Gasteiger partial charge on any atom is 0.262 e. The van der Waals surface area contributed by atoms with E-state index in [9.17, 15) is 13.2 Å². The molecule has 1 amide bonds. The molecule has 0 saturated carbocycles. The number of carbonyl (C=O) groups is 1. The molecule has 4 nitrogen and oxygen atoms in total. The quantitative estimate of drug-likeness (QED) is 0.622. The Balaban J connectivity index is 2.35. The Kier molecular flexibility index (Phi) is 3.96. The van der Waals surface area contributed by atoms with Crippen molar-refractivity contribution >= 4 is 25.6 Å². The Bertz CT molecular complexity index is 637. The average molecular weight is 300 g/mol. The molecule has 0 atom stereocenters. The van der Waals surface area contributed by atoms with Gasteiger partial charge in [0.2, 0.25) is 0 Å². The summed E-state index contributed by atoms with van der Waals surface area (Å²) < 4.78 is 23.0. The third-order valence-electron chi connectivity index (χ3n) is 3.10. The second-order valence-corrected chi connectivity index (χ2v) is 7.02. The van der Waals surface area contributed by atoms with E-state index in [0.717, 1.165) is 6.42 Å². The van der Waals surface area contributed by atoms with Crippen molar-refractivity contribution in [2.45, 2.75) is 18.2 Å². The zero-order valence-electron chi connectivity index (χ0n) is 10.5. The standard InChI is InChI=1S/C13H14ClNO3S/c1-10-6-8-15(9-7-10)13(16)11-4-2-3-5-12(11)19(14,17)18/h2-6H,7-9H2,1H3. The van der Waals surface area contributed by atoms with E-state index < -0.39 is 9.05 Å². The fraction of sp³-hybridized carbons (Fsp3) is 0.308. The van der Waals surface area contributed by atoms with Crippen molar-refractivity contribution < 1.29 is 13.2 Å². The molecule has 0 fully saturated rings. The molecule has 0 unspecified atom stereocenters. The number of rotatable bonds is 2. The molecule has 1 aliphatic heterocycles. The molecule has 0 saturated heterocycles. The molecule has 0 aliphatic carbocycles. The Morgan fingerprint density at radius 3 is 2.58 bits per heavy atom. The van der Waals surface area contributed by atoms with Crippen LogP contribution in [0.2, 0.25) is 0 Å². The molecule has 0 aromatic heterocycles. The largest absolute Gasteiger partial charge is 0.335 e. The van der Waals surface area contributed by atoms with Crippen molar-refractivity contribution in [3.63, 3.8) is 0 Å². The van der Waals surface area contributed by atoms with Crippen molar-refractivity contribution in [1.29, 1.82) is 0 Å². The van der Waals surface area contributed by atoms with Gasteiger partial charge in [0.1, 0.15) is 0 Å². The maximum absolute atomic E-state index is 12.3. The van der Waals surface area contributed by atoms with Gasteiger partial charge in [0.15, 0.2) is 0 Å². The number of hydrogen-bond acceptors (Lipinski definition) is 3. The highest BCUT2D eigenvalue weighted by molar-refractivity contribution is 8.13. The first kappa shape index (κ1) is 14.1. The lowest BCUT2D eigenvalue weighted by Gasteiger charge is -2.26. The highest BCUT2D eigenvalue weighted by Gasteiger charge is 2.24. The van der Waals surface area contributed by atoms with Crippen molar-refractivity contribution in [2.75, 3.05) is 13.1 Å². The van der Waals surface area contributed by atoms with Crippen LogP contribution in [0.3, 0.4) is 0 Å². The average Bonchev–Trinajstić information content (AvgIpc) is 2.38. The molecule has 2 rings (SSSR count). The van der Waals surface area contributed by atoms with Crippen LogP contribution in [0, 0.1) is 0 Å². The zero-order chi connectivity index (χ0) is 14.0. The van der Waals surface area contributed by atoms with E-state index in [1.54, 1.807) is 17.0 Å². The lowest BCUT2D eigenvalue weighted by Crippen LogP contribution is -2.35. The van der Waals surface area contributed by atoms with Crippen LogP contribution in [-0.2, 0) is 9.05 Å². The molecule has 1 aliphatic rings. The third-order valence-corrected chi connectivity index (χ3v) is 4.48. The summed E-state index contributed by atoms with van der Waals surface area (Å²) in [7, 11) is 1.44. The molecule has 19 heavy (non-hydrogen) atoms. The number of nitrogens with zero attached hydrogens (tertiary/aromatic N) is 1. The smallest absolute Gasteiger partial charge is 0.262 e. The molecule has 1 aromatic carbocycles. The zero-order valence-corrected chi connectivity index (χ0v) is 12.0. The van der Waals surface area contributed by atoms with Gasteiger partial charge in [-0.05, 0) is 25.5 Å². The SMILES string of the molecule is CC1=CCN(C(=O)c2ccccc2S(=O)(=O)Cl)CC1. The number of benzene rings is 1. The molecule has 1 heterocycles. The van der Waals surface area contributed by atoms with E-state index in [1.165, 1.54) is 17.7 Å². The highest BCUT2D eigenvalue weighted by Crippen LogP contribution is 2.22. The molecule has 6 heteroatoms. The van der Waals surface area contributed by atoms with Crippen LogP contribution in [0.15, 0.2) is 40.8 Å². The maximum atomic E-state index is 12.3. The second-order valence-electron chi connectivity index (χ2n) is 4.49. The van der Waals surface area contributed by atoms with Gasteiger partial charge >= 0.3 is 0 Å². The molecule has 0 radical (unpaired) electrons. The van der Waals surface area contributed by atoms with Gasteiger partial charge in [-0.15, -0.1) is 0 Å². The van der Waals surface area contributed by atoms with Gasteiger partial charge in [0.25, 0.3) is 15.0 Å². The van der Waals surface area contributed by atoms with Crippen molar-refractivity contribution in [3.8, 4) is 0 Å². The van der Waals surface area contributed by atoms with E-state index in [2.05, 4.69) is 0 Å². The summed E-state index contributed by atoms with van der Waals surface area (Å²) in [6, 6.07) is 6.01. The first-order valence-electron chi connectivity index (χ1n) is 5.88. The molecule has 0 spiro atoms. The molecule has 1 aromatic rings. The van der Waals surface area contributed by atoms with E-state index >= 15 is 0 Å². The Labute approximate surface area is 117 Å². The van der Waals surface area contributed by atoms with Crippen LogP contribution in [0.5, 0.6) is 0 Å². The monoisotopic (exact) mass is 299 g/mol. The lowest BCUT2D eigenvalue weighted by atomic mass is 10.1. The molecule has 102 valence electrons. The van der Waals surface area contributed by atoms with E-state index in [-0.39, 0.29) is 16.4 Å².